The third-order valence-corrected chi connectivity index (χ3v) is 10.2. The zero-order valence-corrected chi connectivity index (χ0v) is 29.6. The number of oxime groups is 1. The summed E-state index contributed by atoms with van der Waals surface area (Å²) < 4.78 is 5.52. The number of benzene rings is 3. The molecule has 2 aliphatic heterocycles. The van der Waals surface area contributed by atoms with Crippen LogP contribution >= 0.6 is 23.1 Å². The highest BCUT2D eigenvalue weighted by Crippen LogP contribution is 2.42. The molecule has 2 aliphatic rings. The molecule has 3 N–H and O–H groups in total. The number of anilines is 1. The van der Waals surface area contributed by atoms with Crippen LogP contribution in [-0.4, -0.2) is 75.6 Å². The van der Waals surface area contributed by atoms with Crippen LogP contribution in [0.4, 0.5) is 5.13 Å². The predicted molar refractivity (Wildman–Crippen MR) is 193 cm³/mol. The lowest BCUT2D eigenvalue weighted by atomic mass is 9.77. The Kier molecular flexibility index (Phi) is 10.1. The van der Waals surface area contributed by atoms with Crippen molar-refractivity contribution in [1.82, 2.24) is 15.2 Å². The van der Waals surface area contributed by atoms with E-state index in [0.29, 0.717) is 15.8 Å². The Hall–Kier alpha value is -4.98. The lowest BCUT2D eigenvalue weighted by Gasteiger charge is -2.50. The number of aromatic nitrogens is 1. The maximum atomic E-state index is 13.7. The second-order valence-corrected chi connectivity index (χ2v) is 14.6. The molecule has 50 heavy (non-hydrogen) atoms. The van der Waals surface area contributed by atoms with E-state index in [-0.39, 0.29) is 17.1 Å². The van der Waals surface area contributed by atoms with Crippen molar-refractivity contribution in [2.75, 3.05) is 24.8 Å². The largest absolute Gasteiger partial charge is 0.455 e. The standard InChI is InChI=1S/C37H37N5O6S2/c1-36(2,3)48-34(46)31-28(20-43)49-22-27-30(33(45)42(27)31)39-32(44)29(41-47-4)26-21-50-35(38-26)40-37(23-14-8-5-9-15-23,24-16-10-6-11-17-24)25-18-12-7-13-19-25/h5-19,21,27,30,43H,20,22H2,1-4H3,(H,38,40)(H,39,44)/b41-29-. The maximum absolute atomic E-state index is 13.7. The summed E-state index contributed by atoms with van der Waals surface area (Å²) in [6.07, 6.45) is 0. The van der Waals surface area contributed by atoms with Crippen LogP contribution in [0, 0.1) is 0 Å². The molecule has 1 fully saturated rings. The number of thioether (sulfide) groups is 1. The average molecular weight is 712 g/mol. The van der Waals surface area contributed by atoms with E-state index in [0.717, 1.165) is 16.7 Å². The van der Waals surface area contributed by atoms with Gasteiger partial charge in [0.05, 0.1) is 12.6 Å². The summed E-state index contributed by atoms with van der Waals surface area (Å²) in [5.74, 6) is -1.51. The molecule has 258 valence electrons. The van der Waals surface area contributed by atoms with Gasteiger partial charge in [-0.1, -0.05) is 96.2 Å². The highest BCUT2D eigenvalue weighted by molar-refractivity contribution is 8.03. The van der Waals surface area contributed by atoms with Crippen molar-refractivity contribution >= 4 is 51.7 Å². The van der Waals surface area contributed by atoms with Gasteiger partial charge in [0, 0.05) is 16.0 Å². The van der Waals surface area contributed by atoms with E-state index in [1.165, 1.54) is 35.1 Å². The van der Waals surface area contributed by atoms with Gasteiger partial charge in [-0.15, -0.1) is 23.1 Å². The molecule has 11 nitrogen and oxygen atoms in total. The Morgan fingerprint density at radius 2 is 1.52 bits per heavy atom. The highest BCUT2D eigenvalue weighted by Gasteiger charge is 2.54. The SMILES string of the molecule is CO/N=C(\C(=O)NC1C(=O)N2C(C(=O)OC(C)(C)C)=C(CO)SCC12)c1csc(NC(c2ccccc2)(c2ccccc2)c2ccccc2)n1. The summed E-state index contributed by atoms with van der Waals surface area (Å²) in [6, 6.07) is 28.7. The number of hydrogen-bond acceptors (Lipinski definition) is 11. The first-order valence-corrected chi connectivity index (χ1v) is 17.8. The van der Waals surface area contributed by atoms with E-state index < -0.39 is 47.6 Å². The Balaban J connectivity index is 1.27. The topological polar surface area (TPSA) is 142 Å². The number of β-lactam (4-membered cyclic amide) rings is 1. The summed E-state index contributed by atoms with van der Waals surface area (Å²) in [5.41, 5.74) is 1.44. The zero-order chi connectivity index (χ0) is 35.5. The molecule has 1 saturated heterocycles. The van der Waals surface area contributed by atoms with Gasteiger partial charge in [-0.2, -0.15) is 0 Å². The summed E-state index contributed by atoms with van der Waals surface area (Å²) in [4.78, 5) is 51.7. The number of esters is 1. The minimum atomic E-state index is -0.937. The number of aliphatic hydroxyl groups excluding tert-OH is 1. The second-order valence-electron chi connectivity index (χ2n) is 12.6. The van der Waals surface area contributed by atoms with Crippen molar-refractivity contribution < 1.29 is 29.1 Å². The van der Waals surface area contributed by atoms with Gasteiger partial charge in [0.1, 0.15) is 35.7 Å². The van der Waals surface area contributed by atoms with Crippen LogP contribution in [0.1, 0.15) is 43.2 Å². The van der Waals surface area contributed by atoms with Gasteiger partial charge < -0.3 is 25.3 Å². The van der Waals surface area contributed by atoms with Crippen LogP contribution in [-0.2, 0) is 29.5 Å². The van der Waals surface area contributed by atoms with Gasteiger partial charge in [-0.05, 0) is 37.5 Å². The first-order valence-electron chi connectivity index (χ1n) is 15.9. The number of ether oxygens (including phenoxy) is 1. The number of rotatable bonds is 11. The molecular weight excluding hydrogens is 675 g/mol. The first-order chi connectivity index (χ1) is 24.1. The molecule has 3 heterocycles. The molecule has 0 saturated carbocycles. The quantitative estimate of drug-likeness (QED) is 0.0652. The smallest absolute Gasteiger partial charge is 0.356 e. The molecule has 2 unspecified atom stereocenters. The molecule has 2 amide bonds. The number of amides is 2. The molecule has 0 radical (unpaired) electrons. The van der Waals surface area contributed by atoms with Crippen LogP contribution in [0.25, 0.3) is 0 Å². The van der Waals surface area contributed by atoms with Crippen molar-refractivity contribution in [3.05, 3.63) is 129 Å². The lowest BCUT2D eigenvalue weighted by Crippen LogP contribution is -2.73. The fourth-order valence-corrected chi connectivity index (χ4v) is 7.96. The minimum Gasteiger partial charge on any atom is -0.455 e. The van der Waals surface area contributed by atoms with Gasteiger partial charge in [0.2, 0.25) is 0 Å². The average Bonchev–Trinajstić information content (AvgIpc) is 3.59. The monoisotopic (exact) mass is 711 g/mol. The van der Waals surface area contributed by atoms with E-state index in [4.69, 9.17) is 14.6 Å². The normalized spacial score (nSPS) is 17.8. The summed E-state index contributed by atoms with van der Waals surface area (Å²) in [7, 11) is 1.33. The van der Waals surface area contributed by atoms with Gasteiger partial charge in [0.25, 0.3) is 11.8 Å². The Labute approximate surface area is 298 Å². The summed E-state index contributed by atoms with van der Waals surface area (Å²) in [5, 5.41) is 22.6. The predicted octanol–water partition coefficient (Wildman–Crippen LogP) is 4.89. The second kappa shape index (κ2) is 14.5. The summed E-state index contributed by atoms with van der Waals surface area (Å²) in [6.45, 7) is 4.75. The number of thiazole rings is 1. The van der Waals surface area contributed by atoms with Gasteiger partial charge in [-0.25, -0.2) is 9.78 Å². The fraction of sp³-hybridized carbons (Fsp3) is 0.270. The lowest BCUT2D eigenvalue weighted by molar-refractivity contribution is -0.160. The van der Waals surface area contributed by atoms with Crippen molar-refractivity contribution in [3.63, 3.8) is 0 Å². The van der Waals surface area contributed by atoms with E-state index in [1.54, 1.807) is 26.2 Å². The van der Waals surface area contributed by atoms with Crippen molar-refractivity contribution in [1.29, 1.82) is 0 Å². The van der Waals surface area contributed by atoms with Crippen LogP contribution < -0.4 is 10.6 Å². The number of carbonyl (C=O) groups excluding carboxylic acids is 3. The Morgan fingerprint density at radius 3 is 2.02 bits per heavy atom. The fourth-order valence-electron chi connectivity index (χ4n) is 6.08. The Bertz CT molecular complexity index is 1830. The number of hydrogen-bond donors (Lipinski definition) is 3. The number of aliphatic hydroxyl groups is 1. The Morgan fingerprint density at radius 1 is 0.960 bits per heavy atom. The molecule has 4 aromatic rings. The zero-order valence-electron chi connectivity index (χ0n) is 28.0. The molecule has 0 spiro atoms. The van der Waals surface area contributed by atoms with E-state index in [2.05, 4.69) is 52.2 Å². The third-order valence-electron chi connectivity index (χ3n) is 8.23. The molecule has 6 rings (SSSR count). The molecule has 0 aliphatic carbocycles. The van der Waals surface area contributed by atoms with Crippen molar-refractivity contribution in [2.45, 2.75) is 44.0 Å². The van der Waals surface area contributed by atoms with Crippen molar-refractivity contribution in [2.24, 2.45) is 5.16 Å². The van der Waals surface area contributed by atoms with E-state index >= 15 is 0 Å². The van der Waals surface area contributed by atoms with Gasteiger partial charge >= 0.3 is 5.97 Å². The molecule has 3 aromatic carbocycles. The molecule has 2 atom stereocenters. The van der Waals surface area contributed by atoms with E-state index in [1.807, 2.05) is 54.6 Å². The maximum Gasteiger partial charge on any atom is 0.356 e. The number of carbonyl (C=O) groups is 3. The number of fused-ring (bicyclic) bond motifs is 1. The van der Waals surface area contributed by atoms with Gasteiger partial charge in [-0.3, -0.25) is 14.5 Å². The molecule has 1 aromatic heterocycles. The molecule has 0 bridgehead atoms. The van der Waals surface area contributed by atoms with Gasteiger partial charge in [0.15, 0.2) is 10.8 Å². The van der Waals surface area contributed by atoms with Crippen LogP contribution in [0.3, 0.4) is 0 Å². The number of nitrogens with zero attached hydrogens (tertiary/aromatic N) is 3. The van der Waals surface area contributed by atoms with Crippen LogP contribution in [0.5, 0.6) is 0 Å². The minimum absolute atomic E-state index is 0.00101. The molecular formula is C37H37N5O6S2. The van der Waals surface area contributed by atoms with E-state index in [9.17, 15) is 19.5 Å². The highest BCUT2D eigenvalue weighted by atomic mass is 32.2. The van der Waals surface area contributed by atoms with Crippen molar-refractivity contribution in [3.8, 4) is 0 Å². The molecule has 13 heteroatoms. The summed E-state index contributed by atoms with van der Waals surface area (Å²) >= 11 is 2.55. The third kappa shape index (κ3) is 6.76. The van der Waals surface area contributed by atoms with Crippen LogP contribution in [0.2, 0.25) is 0 Å². The number of nitrogens with one attached hydrogen (secondary N) is 2. The first kappa shape index (κ1) is 34.9. The van der Waals surface area contributed by atoms with Crippen LogP contribution in [0.15, 0.2) is 112 Å².